The Morgan fingerprint density at radius 2 is 2.00 bits per heavy atom. The molecule has 0 aliphatic rings. The monoisotopic (exact) mass is 463 g/mol. The number of benzene rings is 2. The zero-order chi connectivity index (χ0) is 20.0. The largest absolute Gasteiger partial charge is 0.493 e. The van der Waals surface area contributed by atoms with Gasteiger partial charge in [0.15, 0.2) is 18.1 Å². The van der Waals surface area contributed by atoms with Gasteiger partial charge in [-0.25, -0.2) is 4.79 Å². The van der Waals surface area contributed by atoms with Crippen molar-refractivity contribution in [2.24, 2.45) is 0 Å². The van der Waals surface area contributed by atoms with Gasteiger partial charge < -0.3 is 19.5 Å². The van der Waals surface area contributed by atoms with Crippen LogP contribution in [0.3, 0.4) is 0 Å². The number of alkyl halides is 2. The number of ether oxygens (including phenoxy) is 3. The quantitative estimate of drug-likeness (QED) is 0.611. The molecular weight excluding hydrogens is 452 g/mol. The molecule has 0 aliphatic heterocycles. The summed E-state index contributed by atoms with van der Waals surface area (Å²) >= 11 is 9.21. The SMILES string of the molecule is COc1cccc(C(=O)OCC(=O)Nc2ccc(Br)cc2Cl)c1OC(F)F. The van der Waals surface area contributed by atoms with Gasteiger partial charge in [-0.3, -0.25) is 4.79 Å². The van der Waals surface area contributed by atoms with Crippen molar-refractivity contribution in [1.82, 2.24) is 0 Å². The summed E-state index contributed by atoms with van der Waals surface area (Å²) in [6, 6.07) is 8.76. The molecule has 0 aliphatic carbocycles. The number of anilines is 1. The molecule has 0 radical (unpaired) electrons. The second-order valence-electron chi connectivity index (χ2n) is 4.96. The number of carbonyl (C=O) groups is 2. The molecular formula is C17H13BrClF2NO5. The third-order valence-electron chi connectivity index (χ3n) is 3.17. The average molecular weight is 465 g/mol. The highest BCUT2D eigenvalue weighted by molar-refractivity contribution is 9.10. The van der Waals surface area contributed by atoms with Gasteiger partial charge in [0.2, 0.25) is 0 Å². The van der Waals surface area contributed by atoms with Gasteiger partial charge in [0.25, 0.3) is 5.91 Å². The van der Waals surface area contributed by atoms with Crippen LogP contribution in [-0.2, 0) is 9.53 Å². The molecule has 0 spiro atoms. The Balaban J connectivity index is 2.06. The van der Waals surface area contributed by atoms with Crippen LogP contribution in [0.5, 0.6) is 11.5 Å². The molecule has 10 heteroatoms. The van der Waals surface area contributed by atoms with Gasteiger partial charge >= 0.3 is 12.6 Å². The Labute approximate surface area is 166 Å². The van der Waals surface area contributed by atoms with Gasteiger partial charge in [-0.1, -0.05) is 33.6 Å². The fraction of sp³-hybridized carbons (Fsp3) is 0.176. The van der Waals surface area contributed by atoms with Crippen LogP contribution in [0.2, 0.25) is 5.02 Å². The third-order valence-corrected chi connectivity index (χ3v) is 3.97. The lowest BCUT2D eigenvalue weighted by Crippen LogP contribution is -2.21. The standard InChI is InChI=1S/C17H13BrClF2NO5/c1-25-13-4-2-3-10(15(13)27-17(20)21)16(24)26-8-14(23)22-12-6-5-9(18)7-11(12)19/h2-7,17H,8H2,1H3,(H,22,23). The summed E-state index contributed by atoms with van der Waals surface area (Å²) in [5, 5.41) is 2.75. The van der Waals surface area contributed by atoms with Crippen LogP contribution < -0.4 is 14.8 Å². The maximum Gasteiger partial charge on any atom is 0.387 e. The molecule has 0 unspecified atom stereocenters. The van der Waals surface area contributed by atoms with Gasteiger partial charge in [-0.05, 0) is 30.3 Å². The van der Waals surface area contributed by atoms with Crippen molar-refractivity contribution in [2.75, 3.05) is 19.0 Å². The van der Waals surface area contributed by atoms with Gasteiger partial charge in [0, 0.05) is 4.47 Å². The van der Waals surface area contributed by atoms with Crippen molar-refractivity contribution in [2.45, 2.75) is 6.61 Å². The highest BCUT2D eigenvalue weighted by Gasteiger charge is 2.22. The number of hydrogen-bond acceptors (Lipinski definition) is 5. The number of esters is 1. The van der Waals surface area contributed by atoms with Crippen molar-refractivity contribution in [3.8, 4) is 11.5 Å². The maximum absolute atomic E-state index is 12.6. The lowest BCUT2D eigenvalue weighted by Gasteiger charge is -2.14. The number of rotatable bonds is 7. The van der Waals surface area contributed by atoms with Gasteiger partial charge in [-0.15, -0.1) is 0 Å². The molecule has 0 heterocycles. The number of para-hydroxylation sites is 1. The van der Waals surface area contributed by atoms with E-state index >= 15 is 0 Å². The Hall–Kier alpha value is -2.39. The summed E-state index contributed by atoms with van der Waals surface area (Å²) in [5.74, 6) is -2.24. The molecule has 0 bridgehead atoms. The Morgan fingerprint density at radius 3 is 2.63 bits per heavy atom. The number of carbonyl (C=O) groups excluding carboxylic acids is 2. The minimum absolute atomic E-state index is 0.0733. The Morgan fingerprint density at radius 1 is 1.26 bits per heavy atom. The predicted molar refractivity (Wildman–Crippen MR) is 97.7 cm³/mol. The minimum atomic E-state index is -3.17. The van der Waals surface area contributed by atoms with Crippen molar-refractivity contribution in [3.05, 3.63) is 51.5 Å². The molecule has 2 aromatic carbocycles. The molecule has 0 saturated carbocycles. The van der Waals surface area contributed by atoms with E-state index < -0.39 is 30.8 Å². The molecule has 0 saturated heterocycles. The van der Waals surface area contributed by atoms with Crippen molar-refractivity contribution < 1.29 is 32.6 Å². The van der Waals surface area contributed by atoms with Gasteiger partial charge in [0.05, 0.1) is 17.8 Å². The van der Waals surface area contributed by atoms with Crippen molar-refractivity contribution in [3.63, 3.8) is 0 Å². The van der Waals surface area contributed by atoms with Crippen LogP contribution in [-0.4, -0.2) is 32.2 Å². The first-order valence-corrected chi connectivity index (χ1v) is 8.52. The summed E-state index contributed by atoms with van der Waals surface area (Å²) in [5.41, 5.74) is 0.0214. The number of halogens is 4. The zero-order valence-corrected chi connectivity index (χ0v) is 16.1. The molecule has 2 aromatic rings. The predicted octanol–water partition coefficient (Wildman–Crippen LogP) is 4.51. The van der Waals surface area contributed by atoms with E-state index in [0.29, 0.717) is 5.69 Å². The van der Waals surface area contributed by atoms with Crippen LogP contribution in [0.25, 0.3) is 0 Å². The number of methoxy groups -OCH3 is 1. The normalized spacial score (nSPS) is 10.4. The molecule has 2 rings (SSSR count). The van der Waals surface area contributed by atoms with Crippen LogP contribution >= 0.6 is 27.5 Å². The topological polar surface area (TPSA) is 73.9 Å². The number of amides is 1. The van der Waals surface area contributed by atoms with E-state index in [9.17, 15) is 18.4 Å². The Bertz CT molecular complexity index is 850. The summed E-state index contributed by atoms with van der Waals surface area (Å²) in [7, 11) is 1.23. The van der Waals surface area contributed by atoms with E-state index in [0.717, 1.165) is 4.47 Å². The summed E-state index contributed by atoms with van der Waals surface area (Å²) in [6.07, 6.45) is 0. The minimum Gasteiger partial charge on any atom is -0.493 e. The molecule has 144 valence electrons. The molecule has 0 fully saturated rings. The summed E-state index contributed by atoms with van der Waals surface area (Å²) in [4.78, 5) is 24.1. The van der Waals surface area contributed by atoms with E-state index in [1.54, 1.807) is 18.2 Å². The number of hydrogen-bond donors (Lipinski definition) is 1. The lowest BCUT2D eigenvalue weighted by atomic mass is 10.2. The molecule has 27 heavy (non-hydrogen) atoms. The highest BCUT2D eigenvalue weighted by atomic mass is 79.9. The van der Waals surface area contributed by atoms with Gasteiger partial charge in [-0.2, -0.15) is 8.78 Å². The smallest absolute Gasteiger partial charge is 0.387 e. The third kappa shape index (κ3) is 5.80. The molecule has 0 aromatic heterocycles. The second kappa shape index (κ2) is 9.52. The molecule has 1 amide bonds. The summed E-state index contributed by atoms with van der Waals surface area (Å²) < 4.78 is 40.0. The van der Waals surface area contributed by atoms with E-state index in [-0.39, 0.29) is 16.3 Å². The van der Waals surface area contributed by atoms with E-state index in [1.807, 2.05) is 0 Å². The average Bonchev–Trinajstić information content (AvgIpc) is 2.61. The van der Waals surface area contributed by atoms with E-state index in [4.69, 9.17) is 21.1 Å². The van der Waals surface area contributed by atoms with E-state index in [2.05, 4.69) is 26.0 Å². The molecule has 6 nitrogen and oxygen atoms in total. The first-order valence-electron chi connectivity index (χ1n) is 7.35. The molecule has 1 N–H and O–H groups in total. The fourth-order valence-electron chi connectivity index (χ4n) is 2.03. The van der Waals surface area contributed by atoms with E-state index in [1.165, 1.54) is 25.3 Å². The molecule has 0 atom stereocenters. The van der Waals surface area contributed by atoms with Crippen LogP contribution in [0.1, 0.15) is 10.4 Å². The first-order chi connectivity index (χ1) is 12.8. The van der Waals surface area contributed by atoms with Crippen LogP contribution in [0.15, 0.2) is 40.9 Å². The van der Waals surface area contributed by atoms with Crippen LogP contribution in [0, 0.1) is 0 Å². The lowest BCUT2D eigenvalue weighted by molar-refractivity contribution is -0.119. The van der Waals surface area contributed by atoms with Gasteiger partial charge in [0.1, 0.15) is 5.56 Å². The number of nitrogens with one attached hydrogen (secondary N) is 1. The second-order valence-corrected chi connectivity index (χ2v) is 6.29. The zero-order valence-electron chi connectivity index (χ0n) is 13.8. The highest BCUT2D eigenvalue weighted by Crippen LogP contribution is 2.33. The van der Waals surface area contributed by atoms with Crippen LogP contribution in [0.4, 0.5) is 14.5 Å². The van der Waals surface area contributed by atoms with Crippen molar-refractivity contribution >= 4 is 45.1 Å². The first kappa shape index (κ1) is 20.9. The Kier molecular flexibility index (Phi) is 7.37. The maximum atomic E-state index is 12.6. The fourth-order valence-corrected chi connectivity index (χ4v) is 2.75. The van der Waals surface area contributed by atoms with Crippen molar-refractivity contribution in [1.29, 1.82) is 0 Å². The summed E-state index contributed by atoms with van der Waals surface area (Å²) in [6.45, 7) is -3.83.